The zero-order chi connectivity index (χ0) is 16.4. The normalized spacial score (nSPS) is 31.3. The standard InChI is InChI=1S/C17H23NO5/c19-10-13-14(20)15(21)16(23-13)11-5-4-6-12(9-11)17(22)18-7-2-1-3-8-18/h4-6,9,13-16,19-21H,1-3,7-8,10H2/t13-,14-,15-,16+/m1/s1. The SMILES string of the molecule is O=C(c1cccc([C@@H]2O[C@H](CO)[C@@H](O)[C@H]2O)c1)N1CCCCC1. The largest absolute Gasteiger partial charge is 0.394 e. The van der Waals surface area contributed by atoms with E-state index in [1.54, 1.807) is 24.3 Å². The van der Waals surface area contributed by atoms with Crippen LogP contribution in [0.5, 0.6) is 0 Å². The van der Waals surface area contributed by atoms with Gasteiger partial charge >= 0.3 is 0 Å². The number of likely N-dealkylation sites (tertiary alicyclic amines) is 1. The van der Waals surface area contributed by atoms with E-state index in [2.05, 4.69) is 0 Å². The molecule has 1 amide bonds. The fraction of sp³-hybridized carbons (Fsp3) is 0.588. The Kier molecular flexibility index (Phi) is 4.96. The van der Waals surface area contributed by atoms with Gasteiger partial charge in [0.1, 0.15) is 24.4 Å². The van der Waals surface area contributed by atoms with E-state index in [0.29, 0.717) is 11.1 Å². The zero-order valence-electron chi connectivity index (χ0n) is 13.0. The Morgan fingerprint density at radius 1 is 1.17 bits per heavy atom. The molecule has 0 aliphatic carbocycles. The van der Waals surface area contributed by atoms with Crippen molar-refractivity contribution in [3.05, 3.63) is 35.4 Å². The van der Waals surface area contributed by atoms with Gasteiger partial charge in [-0.05, 0) is 37.0 Å². The van der Waals surface area contributed by atoms with Crippen molar-refractivity contribution < 1.29 is 24.9 Å². The first kappa shape index (κ1) is 16.4. The van der Waals surface area contributed by atoms with E-state index in [9.17, 15) is 20.1 Å². The maximum absolute atomic E-state index is 12.6. The van der Waals surface area contributed by atoms with Gasteiger partial charge in [-0.3, -0.25) is 4.79 Å². The number of carbonyl (C=O) groups is 1. The second-order valence-corrected chi connectivity index (χ2v) is 6.24. The van der Waals surface area contributed by atoms with Crippen LogP contribution >= 0.6 is 0 Å². The van der Waals surface area contributed by atoms with Gasteiger partial charge in [0.05, 0.1) is 6.61 Å². The molecular formula is C17H23NO5. The van der Waals surface area contributed by atoms with Crippen molar-refractivity contribution in [1.29, 1.82) is 0 Å². The van der Waals surface area contributed by atoms with E-state index >= 15 is 0 Å². The zero-order valence-corrected chi connectivity index (χ0v) is 13.0. The molecule has 2 saturated heterocycles. The molecule has 3 rings (SSSR count). The van der Waals surface area contributed by atoms with E-state index in [-0.39, 0.29) is 12.5 Å². The summed E-state index contributed by atoms with van der Waals surface area (Å²) < 4.78 is 5.53. The van der Waals surface area contributed by atoms with Gasteiger partial charge < -0.3 is 25.0 Å². The molecule has 0 bridgehead atoms. The second kappa shape index (κ2) is 6.97. The lowest BCUT2D eigenvalue weighted by Crippen LogP contribution is -2.35. The van der Waals surface area contributed by atoms with Crippen LogP contribution in [-0.4, -0.2) is 64.1 Å². The minimum atomic E-state index is -1.13. The summed E-state index contributed by atoms with van der Waals surface area (Å²) in [4.78, 5) is 14.4. The average Bonchev–Trinajstić information content (AvgIpc) is 2.90. The molecule has 0 spiro atoms. The quantitative estimate of drug-likeness (QED) is 0.753. The molecule has 0 saturated carbocycles. The topological polar surface area (TPSA) is 90.2 Å². The highest BCUT2D eigenvalue weighted by Crippen LogP contribution is 2.33. The Bertz CT molecular complexity index is 558. The molecule has 1 aromatic rings. The summed E-state index contributed by atoms with van der Waals surface area (Å²) in [7, 11) is 0. The van der Waals surface area contributed by atoms with Crippen LogP contribution in [0, 0.1) is 0 Å². The van der Waals surface area contributed by atoms with E-state index in [1.807, 2.05) is 4.90 Å². The number of benzene rings is 1. The molecule has 6 nitrogen and oxygen atoms in total. The Balaban J connectivity index is 1.78. The number of amides is 1. The number of aliphatic hydroxyl groups is 3. The van der Waals surface area contributed by atoms with E-state index < -0.39 is 24.4 Å². The molecule has 2 aliphatic heterocycles. The average molecular weight is 321 g/mol. The fourth-order valence-electron chi connectivity index (χ4n) is 3.30. The van der Waals surface area contributed by atoms with Gasteiger partial charge in [-0.15, -0.1) is 0 Å². The monoisotopic (exact) mass is 321 g/mol. The summed E-state index contributed by atoms with van der Waals surface area (Å²) in [5, 5.41) is 29.1. The highest BCUT2D eigenvalue weighted by atomic mass is 16.6. The molecule has 1 aromatic carbocycles. The maximum atomic E-state index is 12.6. The first-order chi connectivity index (χ1) is 11.1. The van der Waals surface area contributed by atoms with Gasteiger partial charge in [-0.1, -0.05) is 12.1 Å². The Morgan fingerprint density at radius 3 is 2.57 bits per heavy atom. The van der Waals surface area contributed by atoms with Crippen molar-refractivity contribution in [3.63, 3.8) is 0 Å². The number of aliphatic hydroxyl groups excluding tert-OH is 3. The number of hydrogen-bond donors (Lipinski definition) is 3. The maximum Gasteiger partial charge on any atom is 0.253 e. The number of carbonyl (C=O) groups excluding carboxylic acids is 1. The van der Waals surface area contributed by atoms with Crippen molar-refractivity contribution >= 4 is 5.91 Å². The lowest BCUT2D eigenvalue weighted by atomic mass is 9.99. The third kappa shape index (κ3) is 3.26. The van der Waals surface area contributed by atoms with E-state index in [4.69, 9.17) is 4.74 Å². The highest BCUT2D eigenvalue weighted by Gasteiger charge is 2.43. The van der Waals surface area contributed by atoms with Crippen molar-refractivity contribution in [2.45, 2.75) is 43.7 Å². The van der Waals surface area contributed by atoms with Crippen molar-refractivity contribution in [2.75, 3.05) is 19.7 Å². The third-order valence-electron chi connectivity index (χ3n) is 4.65. The summed E-state index contributed by atoms with van der Waals surface area (Å²) in [5.74, 6) is -0.0155. The summed E-state index contributed by atoms with van der Waals surface area (Å²) in [6, 6.07) is 6.97. The van der Waals surface area contributed by atoms with Crippen LogP contribution in [0.1, 0.15) is 41.3 Å². The highest BCUT2D eigenvalue weighted by molar-refractivity contribution is 5.94. The minimum Gasteiger partial charge on any atom is -0.394 e. The smallest absolute Gasteiger partial charge is 0.253 e. The molecule has 6 heteroatoms. The van der Waals surface area contributed by atoms with E-state index in [0.717, 1.165) is 32.4 Å². The molecule has 2 aliphatic rings. The molecule has 4 atom stereocenters. The van der Waals surface area contributed by atoms with Crippen LogP contribution in [0.2, 0.25) is 0 Å². The molecule has 126 valence electrons. The van der Waals surface area contributed by atoms with Crippen LogP contribution in [0.15, 0.2) is 24.3 Å². The summed E-state index contributed by atoms with van der Waals surface area (Å²) in [6.07, 6.45) is -0.584. The third-order valence-corrected chi connectivity index (χ3v) is 4.65. The second-order valence-electron chi connectivity index (χ2n) is 6.24. The van der Waals surface area contributed by atoms with Crippen LogP contribution < -0.4 is 0 Å². The predicted molar refractivity (Wildman–Crippen MR) is 82.9 cm³/mol. The summed E-state index contributed by atoms with van der Waals surface area (Å²) in [6.45, 7) is 1.19. The molecular weight excluding hydrogens is 298 g/mol. The number of hydrogen-bond acceptors (Lipinski definition) is 5. The molecule has 0 aromatic heterocycles. The molecule has 0 radical (unpaired) electrons. The van der Waals surface area contributed by atoms with E-state index in [1.165, 1.54) is 0 Å². The minimum absolute atomic E-state index is 0.0155. The van der Waals surface area contributed by atoms with Gasteiger partial charge in [0, 0.05) is 18.7 Å². The lowest BCUT2D eigenvalue weighted by Gasteiger charge is -2.27. The van der Waals surface area contributed by atoms with Gasteiger partial charge in [-0.2, -0.15) is 0 Å². The van der Waals surface area contributed by atoms with Gasteiger partial charge in [0.15, 0.2) is 0 Å². The number of piperidine rings is 1. The summed E-state index contributed by atoms with van der Waals surface area (Å²) in [5.41, 5.74) is 1.19. The predicted octanol–water partition coefficient (Wildman–Crippen LogP) is 0.467. The number of nitrogens with zero attached hydrogens (tertiary/aromatic N) is 1. The first-order valence-corrected chi connectivity index (χ1v) is 8.13. The lowest BCUT2D eigenvalue weighted by molar-refractivity contribution is -0.0227. The molecule has 2 heterocycles. The Hall–Kier alpha value is -1.47. The summed E-state index contributed by atoms with van der Waals surface area (Å²) >= 11 is 0. The molecule has 23 heavy (non-hydrogen) atoms. The van der Waals surface area contributed by atoms with Crippen molar-refractivity contribution in [2.24, 2.45) is 0 Å². The van der Waals surface area contributed by atoms with Gasteiger partial charge in [-0.25, -0.2) is 0 Å². The first-order valence-electron chi connectivity index (χ1n) is 8.13. The molecule has 3 N–H and O–H groups in total. The van der Waals surface area contributed by atoms with Gasteiger partial charge in [0.2, 0.25) is 0 Å². The Labute approximate surface area is 135 Å². The van der Waals surface area contributed by atoms with Crippen molar-refractivity contribution in [1.82, 2.24) is 4.90 Å². The Morgan fingerprint density at radius 2 is 1.91 bits per heavy atom. The fourth-order valence-corrected chi connectivity index (χ4v) is 3.30. The number of rotatable bonds is 3. The molecule has 2 fully saturated rings. The van der Waals surface area contributed by atoms with Gasteiger partial charge in [0.25, 0.3) is 5.91 Å². The molecule has 0 unspecified atom stereocenters. The van der Waals surface area contributed by atoms with Crippen LogP contribution in [0.25, 0.3) is 0 Å². The van der Waals surface area contributed by atoms with Crippen LogP contribution in [-0.2, 0) is 4.74 Å². The van der Waals surface area contributed by atoms with Crippen LogP contribution in [0.3, 0.4) is 0 Å². The van der Waals surface area contributed by atoms with Crippen LogP contribution in [0.4, 0.5) is 0 Å². The van der Waals surface area contributed by atoms with Crippen molar-refractivity contribution in [3.8, 4) is 0 Å². The number of ether oxygens (including phenoxy) is 1.